The molecule has 0 radical (unpaired) electrons. The number of hydrogen-bond acceptors (Lipinski definition) is 3. The first-order valence-corrected chi connectivity index (χ1v) is 6.94. The van der Waals surface area contributed by atoms with Crippen LogP contribution in [0.3, 0.4) is 0 Å². The van der Waals surface area contributed by atoms with Gasteiger partial charge in [0.25, 0.3) is 0 Å². The van der Waals surface area contributed by atoms with Gasteiger partial charge in [0.1, 0.15) is 0 Å². The minimum Gasteiger partial charge on any atom is -0.481 e. The lowest BCUT2D eigenvalue weighted by atomic mass is 9.97. The fourth-order valence-corrected chi connectivity index (χ4v) is 2.44. The lowest BCUT2D eigenvalue weighted by Crippen LogP contribution is -2.55. The number of hydrogen-bond donors (Lipinski definition) is 2. The van der Waals surface area contributed by atoms with Crippen LogP contribution in [0.25, 0.3) is 0 Å². The van der Waals surface area contributed by atoms with Gasteiger partial charge < -0.3 is 15.3 Å². The number of likely N-dealkylation sites (tertiary alicyclic amines) is 1. The molecule has 1 atom stereocenters. The van der Waals surface area contributed by atoms with Crippen LogP contribution in [0.2, 0.25) is 0 Å². The van der Waals surface area contributed by atoms with Crippen LogP contribution in [0.1, 0.15) is 26.2 Å². The zero-order valence-corrected chi connectivity index (χ0v) is 11.6. The SMILES string of the molecule is CC(CNC(=O)N1CC(CC(=O)O)C1)N(C)C1CC1. The van der Waals surface area contributed by atoms with Crippen molar-refractivity contribution < 1.29 is 14.7 Å². The first-order chi connectivity index (χ1) is 8.97. The van der Waals surface area contributed by atoms with E-state index in [1.165, 1.54) is 12.8 Å². The smallest absolute Gasteiger partial charge is 0.317 e. The normalized spacial score (nSPS) is 21.1. The van der Waals surface area contributed by atoms with Crippen LogP contribution >= 0.6 is 0 Å². The zero-order chi connectivity index (χ0) is 14.0. The largest absolute Gasteiger partial charge is 0.481 e. The van der Waals surface area contributed by atoms with Gasteiger partial charge in [-0.05, 0) is 26.8 Å². The molecule has 1 heterocycles. The molecule has 6 nitrogen and oxygen atoms in total. The Morgan fingerprint density at radius 1 is 1.42 bits per heavy atom. The molecule has 0 spiro atoms. The number of rotatable bonds is 6. The molecule has 0 bridgehead atoms. The molecule has 2 rings (SSSR count). The summed E-state index contributed by atoms with van der Waals surface area (Å²) < 4.78 is 0. The fraction of sp³-hybridized carbons (Fsp3) is 0.846. The predicted octanol–water partition coefficient (Wildman–Crippen LogP) is 0.585. The molecule has 19 heavy (non-hydrogen) atoms. The van der Waals surface area contributed by atoms with Gasteiger partial charge in [-0.15, -0.1) is 0 Å². The topological polar surface area (TPSA) is 72.9 Å². The molecule has 108 valence electrons. The van der Waals surface area contributed by atoms with Crippen LogP contribution in [0.4, 0.5) is 4.79 Å². The molecule has 1 aliphatic heterocycles. The van der Waals surface area contributed by atoms with Crippen molar-refractivity contribution in [2.24, 2.45) is 5.92 Å². The van der Waals surface area contributed by atoms with Gasteiger partial charge in [-0.2, -0.15) is 0 Å². The Balaban J connectivity index is 1.61. The lowest BCUT2D eigenvalue weighted by Gasteiger charge is -2.38. The molecule has 0 aromatic heterocycles. The zero-order valence-electron chi connectivity index (χ0n) is 11.6. The van der Waals surface area contributed by atoms with Crippen LogP contribution in [-0.4, -0.2) is 65.7 Å². The van der Waals surface area contributed by atoms with Crippen LogP contribution < -0.4 is 5.32 Å². The van der Waals surface area contributed by atoms with E-state index < -0.39 is 5.97 Å². The minimum atomic E-state index is -0.787. The van der Waals surface area contributed by atoms with Crippen LogP contribution in [0.15, 0.2) is 0 Å². The maximum Gasteiger partial charge on any atom is 0.317 e. The molecular formula is C13H23N3O3. The highest BCUT2D eigenvalue weighted by Gasteiger charge is 2.33. The predicted molar refractivity (Wildman–Crippen MR) is 71.0 cm³/mol. The molecule has 2 N–H and O–H groups in total. The number of nitrogens with one attached hydrogen (secondary N) is 1. The summed E-state index contributed by atoms with van der Waals surface area (Å²) in [4.78, 5) is 26.3. The number of carboxylic acid groups (broad SMARTS) is 1. The summed E-state index contributed by atoms with van der Waals surface area (Å²) in [6.07, 6.45) is 2.68. The number of urea groups is 1. The summed E-state index contributed by atoms with van der Waals surface area (Å²) in [7, 11) is 2.10. The van der Waals surface area contributed by atoms with Crippen LogP contribution in [-0.2, 0) is 4.79 Å². The summed E-state index contributed by atoms with van der Waals surface area (Å²) in [5, 5.41) is 11.6. The summed E-state index contributed by atoms with van der Waals surface area (Å²) in [5.74, 6) is -0.667. The van der Waals surface area contributed by atoms with E-state index in [4.69, 9.17) is 5.11 Å². The molecule has 1 aliphatic carbocycles. The maximum atomic E-state index is 11.8. The van der Waals surface area contributed by atoms with Crippen LogP contribution in [0.5, 0.6) is 0 Å². The quantitative estimate of drug-likeness (QED) is 0.740. The summed E-state index contributed by atoms with van der Waals surface area (Å²) in [5.41, 5.74) is 0. The maximum absolute atomic E-state index is 11.8. The highest BCUT2D eigenvalue weighted by atomic mass is 16.4. The second-order valence-electron chi connectivity index (χ2n) is 5.80. The van der Waals surface area contributed by atoms with Gasteiger partial charge in [-0.1, -0.05) is 0 Å². The van der Waals surface area contributed by atoms with Crippen molar-refractivity contribution in [3.8, 4) is 0 Å². The van der Waals surface area contributed by atoms with Crippen molar-refractivity contribution in [3.05, 3.63) is 0 Å². The molecule has 0 aromatic rings. The molecule has 6 heteroatoms. The van der Waals surface area contributed by atoms with E-state index in [0.29, 0.717) is 31.7 Å². The first kappa shape index (κ1) is 14.1. The highest BCUT2D eigenvalue weighted by Crippen LogP contribution is 2.26. The second kappa shape index (κ2) is 5.77. The highest BCUT2D eigenvalue weighted by molar-refractivity contribution is 5.75. The number of carbonyl (C=O) groups excluding carboxylic acids is 1. The number of carbonyl (C=O) groups is 2. The van der Waals surface area contributed by atoms with Crippen molar-refractivity contribution >= 4 is 12.0 Å². The summed E-state index contributed by atoms with van der Waals surface area (Å²) in [6, 6.07) is 0.959. The molecule has 2 fully saturated rings. The third-order valence-electron chi connectivity index (χ3n) is 4.07. The Morgan fingerprint density at radius 3 is 2.58 bits per heavy atom. The van der Waals surface area contributed by atoms with E-state index in [0.717, 1.165) is 0 Å². The summed E-state index contributed by atoms with van der Waals surface area (Å²) >= 11 is 0. The standard InChI is InChI=1S/C13H23N3O3/c1-9(15(2)11-3-4-11)6-14-13(19)16-7-10(8-16)5-12(17)18/h9-11H,3-8H2,1-2H3,(H,14,19)(H,17,18). The molecule has 2 amide bonds. The van der Waals surface area contributed by atoms with E-state index in [1.54, 1.807) is 4.90 Å². The van der Waals surface area contributed by atoms with Crippen molar-refractivity contribution in [2.45, 2.75) is 38.3 Å². The molecule has 1 saturated carbocycles. The van der Waals surface area contributed by atoms with Gasteiger partial charge in [-0.3, -0.25) is 9.69 Å². The molecule has 1 unspecified atom stereocenters. The van der Waals surface area contributed by atoms with Gasteiger partial charge in [0.15, 0.2) is 0 Å². The van der Waals surface area contributed by atoms with Gasteiger partial charge in [0.2, 0.25) is 0 Å². The number of likely N-dealkylation sites (N-methyl/N-ethyl adjacent to an activating group) is 1. The number of aliphatic carboxylic acids is 1. The molecule has 2 aliphatic rings. The van der Waals surface area contributed by atoms with E-state index in [9.17, 15) is 9.59 Å². The van der Waals surface area contributed by atoms with Crippen molar-refractivity contribution in [1.82, 2.24) is 15.1 Å². The fourth-order valence-electron chi connectivity index (χ4n) is 2.44. The van der Waals surface area contributed by atoms with Gasteiger partial charge in [0, 0.05) is 37.6 Å². The first-order valence-electron chi connectivity index (χ1n) is 6.94. The van der Waals surface area contributed by atoms with Gasteiger partial charge >= 0.3 is 12.0 Å². The van der Waals surface area contributed by atoms with Crippen molar-refractivity contribution in [3.63, 3.8) is 0 Å². The number of carboxylic acids is 1. The Morgan fingerprint density at radius 2 is 2.05 bits per heavy atom. The Bertz CT molecular complexity index is 351. The van der Waals surface area contributed by atoms with E-state index in [2.05, 4.69) is 24.2 Å². The van der Waals surface area contributed by atoms with Crippen LogP contribution in [0, 0.1) is 5.92 Å². The van der Waals surface area contributed by atoms with Crippen molar-refractivity contribution in [1.29, 1.82) is 0 Å². The molecule has 1 saturated heterocycles. The third kappa shape index (κ3) is 3.83. The Hall–Kier alpha value is -1.30. The average Bonchev–Trinajstić information content (AvgIpc) is 3.12. The second-order valence-corrected chi connectivity index (χ2v) is 5.80. The van der Waals surface area contributed by atoms with E-state index in [-0.39, 0.29) is 18.4 Å². The average molecular weight is 269 g/mol. The number of nitrogens with zero attached hydrogens (tertiary/aromatic N) is 2. The van der Waals surface area contributed by atoms with Gasteiger partial charge in [-0.25, -0.2) is 4.79 Å². The van der Waals surface area contributed by atoms with Crippen molar-refractivity contribution in [2.75, 3.05) is 26.7 Å². The Labute approximate surface area is 113 Å². The third-order valence-corrected chi connectivity index (χ3v) is 4.07. The lowest BCUT2D eigenvalue weighted by molar-refractivity contribution is -0.139. The van der Waals surface area contributed by atoms with E-state index in [1.807, 2.05) is 0 Å². The molecule has 0 aromatic carbocycles. The molecular weight excluding hydrogens is 246 g/mol. The van der Waals surface area contributed by atoms with E-state index >= 15 is 0 Å². The number of amides is 2. The monoisotopic (exact) mass is 269 g/mol. The minimum absolute atomic E-state index is 0.0716. The van der Waals surface area contributed by atoms with Gasteiger partial charge in [0.05, 0.1) is 6.42 Å². The summed E-state index contributed by atoms with van der Waals surface area (Å²) in [6.45, 7) is 3.88. The Kier molecular flexibility index (Phi) is 4.29.